The molecule has 21 heavy (non-hydrogen) atoms. The third-order valence-electron chi connectivity index (χ3n) is 3.41. The minimum absolute atomic E-state index is 0.0844. The van der Waals surface area contributed by atoms with E-state index in [1.807, 2.05) is 30.3 Å². The van der Waals surface area contributed by atoms with E-state index in [1.54, 1.807) is 0 Å². The predicted octanol–water partition coefficient (Wildman–Crippen LogP) is 0.259. The van der Waals surface area contributed by atoms with Crippen molar-refractivity contribution < 1.29 is 9.59 Å². The van der Waals surface area contributed by atoms with E-state index in [1.165, 1.54) is 4.90 Å². The second-order valence-corrected chi connectivity index (χ2v) is 5.34. The van der Waals surface area contributed by atoms with Gasteiger partial charge in [-0.15, -0.1) is 0 Å². The fourth-order valence-corrected chi connectivity index (χ4v) is 2.57. The second kappa shape index (κ2) is 6.64. The molecule has 0 bridgehead atoms. The van der Waals surface area contributed by atoms with Gasteiger partial charge < -0.3 is 16.8 Å². The molecular formula is C14H18N4O2S. The lowest BCUT2D eigenvalue weighted by molar-refractivity contribution is -0.119. The third-order valence-corrected chi connectivity index (χ3v) is 3.71. The average Bonchev–Trinajstić information content (AvgIpc) is 2.74. The summed E-state index contributed by atoms with van der Waals surface area (Å²) in [4.78, 5) is 24.7. The van der Waals surface area contributed by atoms with E-state index in [9.17, 15) is 9.59 Å². The third kappa shape index (κ3) is 3.56. The SMILES string of the molecule is NC(=O)C(N)CCCC1NC(=S)N(c2ccccc2)C1=O. The van der Waals surface area contributed by atoms with Crippen LogP contribution in [0.3, 0.4) is 0 Å². The first-order chi connectivity index (χ1) is 10.0. The van der Waals surface area contributed by atoms with Crippen LogP contribution in [0, 0.1) is 0 Å². The summed E-state index contributed by atoms with van der Waals surface area (Å²) < 4.78 is 0. The highest BCUT2D eigenvalue weighted by molar-refractivity contribution is 7.80. The van der Waals surface area contributed by atoms with Crippen LogP contribution in [-0.2, 0) is 9.59 Å². The molecule has 0 aromatic heterocycles. The summed E-state index contributed by atoms with van der Waals surface area (Å²) in [5.74, 6) is -0.610. The van der Waals surface area contributed by atoms with Gasteiger partial charge in [-0.1, -0.05) is 18.2 Å². The molecule has 1 fully saturated rings. The zero-order valence-electron chi connectivity index (χ0n) is 11.5. The zero-order chi connectivity index (χ0) is 15.4. The highest BCUT2D eigenvalue weighted by Crippen LogP contribution is 2.21. The monoisotopic (exact) mass is 306 g/mol. The summed E-state index contributed by atoms with van der Waals surface area (Å²) >= 11 is 5.22. The summed E-state index contributed by atoms with van der Waals surface area (Å²) in [5.41, 5.74) is 11.4. The standard InChI is InChI=1S/C14H18N4O2S/c15-10(12(16)19)7-4-8-11-13(20)18(14(21)17-11)9-5-2-1-3-6-9/h1-3,5-6,10-11H,4,7-8,15H2,(H2,16,19)(H,17,21). The quantitative estimate of drug-likeness (QED) is 0.654. The minimum Gasteiger partial charge on any atom is -0.368 e. The Kier molecular flexibility index (Phi) is 4.87. The molecule has 2 amide bonds. The summed E-state index contributed by atoms with van der Waals surface area (Å²) in [6.07, 6.45) is 1.64. The van der Waals surface area contributed by atoms with Gasteiger partial charge in [0.05, 0.1) is 11.7 Å². The van der Waals surface area contributed by atoms with Crippen LogP contribution in [0.1, 0.15) is 19.3 Å². The topological polar surface area (TPSA) is 101 Å². The van der Waals surface area contributed by atoms with Crippen LogP contribution < -0.4 is 21.7 Å². The molecule has 1 aromatic rings. The first kappa shape index (κ1) is 15.4. The van der Waals surface area contributed by atoms with Crippen molar-refractivity contribution in [3.8, 4) is 0 Å². The van der Waals surface area contributed by atoms with Gasteiger partial charge in [0.1, 0.15) is 6.04 Å². The molecule has 1 heterocycles. The van der Waals surface area contributed by atoms with Gasteiger partial charge in [-0.05, 0) is 43.6 Å². The Balaban J connectivity index is 1.94. The molecule has 6 nitrogen and oxygen atoms in total. The largest absolute Gasteiger partial charge is 0.368 e. The molecule has 112 valence electrons. The van der Waals surface area contributed by atoms with Crippen LogP contribution in [0.2, 0.25) is 0 Å². The molecule has 5 N–H and O–H groups in total. The average molecular weight is 306 g/mol. The minimum atomic E-state index is -0.668. The van der Waals surface area contributed by atoms with E-state index < -0.39 is 11.9 Å². The number of amides is 2. The van der Waals surface area contributed by atoms with Gasteiger partial charge in [0, 0.05) is 0 Å². The zero-order valence-corrected chi connectivity index (χ0v) is 12.3. The molecule has 0 radical (unpaired) electrons. The highest BCUT2D eigenvalue weighted by Gasteiger charge is 2.35. The van der Waals surface area contributed by atoms with Crippen molar-refractivity contribution in [3.05, 3.63) is 30.3 Å². The molecule has 2 rings (SSSR count). The Hall–Kier alpha value is -1.99. The number of benzene rings is 1. The summed E-state index contributed by atoms with van der Waals surface area (Å²) in [6, 6.07) is 8.20. The number of rotatable bonds is 6. The van der Waals surface area contributed by atoms with Crippen molar-refractivity contribution in [1.29, 1.82) is 0 Å². The number of carbonyl (C=O) groups excluding carboxylic acids is 2. The maximum atomic E-state index is 12.4. The number of nitrogens with zero attached hydrogens (tertiary/aromatic N) is 1. The number of thiocarbonyl (C=S) groups is 1. The van der Waals surface area contributed by atoms with Gasteiger partial charge in [0.25, 0.3) is 5.91 Å². The van der Waals surface area contributed by atoms with Crippen molar-refractivity contribution in [2.24, 2.45) is 11.5 Å². The lowest BCUT2D eigenvalue weighted by Crippen LogP contribution is -2.37. The number of nitrogens with one attached hydrogen (secondary N) is 1. The van der Waals surface area contributed by atoms with Crippen LogP contribution >= 0.6 is 12.2 Å². The molecule has 1 aliphatic rings. The van der Waals surface area contributed by atoms with Crippen molar-refractivity contribution in [1.82, 2.24) is 5.32 Å². The van der Waals surface area contributed by atoms with E-state index in [2.05, 4.69) is 5.32 Å². The second-order valence-electron chi connectivity index (χ2n) is 4.95. The van der Waals surface area contributed by atoms with Gasteiger partial charge in [-0.25, -0.2) is 0 Å². The molecule has 1 aliphatic heterocycles. The molecule has 1 saturated heterocycles. The van der Waals surface area contributed by atoms with Gasteiger partial charge in [-0.2, -0.15) is 0 Å². The van der Waals surface area contributed by atoms with Gasteiger partial charge in [0.2, 0.25) is 5.91 Å². The van der Waals surface area contributed by atoms with E-state index in [0.29, 0.717) is 24.4 Å². The number of anilines is 1. The molecule has 1 aromatic carbocycles. The van der Waals surface area contributed by atoms with Crippen LogP contribution in [0.5, 0.6) is 0 Å². The smallest absolute Gasteiger partial charge is 0.255 e. The molecule has 0 aliphatic carbocycles. The fraction of sp³-hybridized carbons (Fsp3) is 0.357. The maximum Gasteiger partial charge on any atom is 0.255 e. The van der Waals surface area contributed by atoms with Crippen LogP contribution in [0.25, 0.3) is 0 Å². The van der Waals surface area contributed by atoms with Crippen molar-refractivity contribution in [2.45, 2.75) is 31.3 Å². The summed E-state index contributed by atoms with van der Waals surface area (Å²) in [7, 11) is 0. The lowest BCUT2D eigenvalue weighted by atomic mass is 10.1. The Bertz CT molecular complexity index is 549. The van der Waals surface area contributed by atoms with E-state index in [-0.39, 0.29) is 11.9 Å². The van der Waals surface area contributed by atoms with E-state index in [4.69, 9.17) is 23.7 Å². The Labute approximate surface area is 128 Å². The van der Waals surface area contributed by atoms with E-state index >= 15 is 0 Å². The number of primary amides is 1. The first-order valence-corrected chi connectivity index (χ1v) is 7.16. The Morgan fingerprint density at radius 1 is 1.38 bits per heavy atom. The van der Waals surface area contributed by atoms with Gasteiger partial charge in [-0.3, -0.25) is 14.5 Å². The molecular weight excluding hydrogens is 288 g/mol. The van der Waals surface area contributed by atoms with Crippen LogP contribution in [0.15, 0.2) is 30.3 Å². The molecule has 0 spiro atoms. The number of para-hydroxylation sites is 1. The predicted molar refractivity (Wildman–Crippen MR) is 84.5 cm³/mol. The lowest BCUT2D eigenvalue weighted by Gasteiger charge is -2.14. The molecule has 7 heteroatoms. The molecule has 0 saturated carbocycles. The number of hydrogen-bond donors (Lipinski definition) is 3. The summed E-state index contributed by atoms with van der Waals surface area (Å²) in [5, 5.41) is 3.40. The Morgan fingerprint density at radius 2 is 2.05 bits per heavy atom. The van der Waals surface area contributed by atoms with Crippen LogP contribution in [0.4, 0.5) is 5.69 Å². The summed E-state index contributed by atoms with van der Waals surface area (Å²) in [6.45, 7) is 0. The number of carbonyl (C=O) groups is 2. The van der Waals surface area contributed by atoms with Crippen molar-refractivity contribution in [3.63, 3.8) is 0 Å². The van der Waals surface area contributed by atoms with Gasteiger partial charge in [0.15, 0.2) is 5.11 Å². The fourth-order valence-electron chi connectivity index (χ4n) is 2.23. The number of hydrogen-bond acceptors (Lipinski definition) is 4. The number of nitrogens with two attached hydrogens (primary N) is 2. The highest BCUT2D eigenvalue weighted by atomic mass is 32.1. The normalized spacial score (nSPS) is 19.5. The van der Waals surface area contributed by atoms with Crippen molar-refractivity contribution in [2.75, 3.05) is 4.90 Å². The Morgan fingerprint density at radius 3 is 2.67 bits per heavy atom. The van der Waals surface area contributed by atoms with Gasteiger partial charge >= 0.3 is 0 Å². The molecule has 2 unspecified atom stereocenters. The molecule has 2 atom stereocenters. The first-order valence-electron chi connectivity index (χ1n) is 6.75. The van der Waals surface area contributed by atoms with E-state index in [0.717, 1.165) is 5.69 Å². The van der Waals surface area contributed by atoms with Crippen LogP contribution in [-0.4, -0.2) is 29.0 Å². The maximum absolute atomic E-state index is 12.4. The van der Waals surface area contributed by atoms with Crippen molar-refractivity contribution >= 4 is 34.8 Å².